The van der Waals surface area contributed by atoms with Gasteiger partial charge in [0.25, 0.3) is 5.91 Å². The minimum absolute atomic E-state index is 0.0228. The topological polar surface area (TPSA) is 106 Å². The van der Waals surface area contributed by atoms with Gasteiger partial charge in [0.2, 0.25) is 0 Å². The fraction of sp³-hybridized carbons (Fsp3) is 0.100. The van der Waals surface area contributed by atoms with Gasteiger partial charge in [-0.05, 0) is 54.1 Å². The Kier molecular flexibility index (Phi) is 5.26. The van der Waals surface area contributed by atoms with Gasteiger partial charge in [0.05, 0.1) is 12.3 Å². The fourth-order valence-electron chi connectivity index (χ4n) is 2.44. The molecule has 0 aliphatic rings. The lowest BCUT2D eigenvalue weighted by atomic mass is 10.0. The normalized spacial score (nSPS) is 11.8. The largest absolute Gasteiger partial charge is 0.457 e. The van der Waals surface area contributed by atoms with Crippen LogP contribution in [0.1, 0.15) is 22.2 Å². The summed E-state index contributed by atoms with van der Waals surface area (Å²) in [5.41, 5.74) is 6.90. The molecule has 0 saturated heterocycles. The highest BCUT2D eigenvalue weighted by Gasteiger charge is 2.14. The second-order valence-corrected chi connectivity index (χ2v) is 5.67. The first-order valence-electron chi connectivity index (χ1n) is 8.01. The number of aliphatic hydroxyl groups excluding tert-OH is 2. The molecule has 0 bridgehead atoms. The van der Waals surface area contributed by atoms with Gasteiger partial charge >= 0.3 is 0 Å². The van der Waals surface area contributed by atoms with Gasteiger partial charge in [-0.2, -0.15) is 0 Å². The Morgan fingerprint density at radius 2 is 1.69 bits per heavy atom. The van der Waals surface area contributed by atoms with Gasteiger partial charge in [0.15, 0.2) is 0 Å². The number of primary amides is 1. The number of carbonyl (C=O) groups excluding carboxylic acids is 1. The Bertz CT molecular complexity index is 895. The van der Waals surface area contributed by atoms with E-state index in [2.05, 4.69) is 4.98 Å². The SMILES string of the molecule is NC(=O)c1cc(C(O)CO)cc(-c2ccc(Oc3ccccc3)cc2)n1. The maximum Gasteiger partial charge on any atom is 0.267 e. The summed E-state index contributed by atoms with van der Waals surface area (Å²) in [4.78, 5) is 15.7. The molecule has 1 amide bonds. The first-order chi connectivity index (χ1) is 12.6. The molecule has 0 fully saturated rings. The molecule has 4 N–H and O–H groups in total. The van der Waals surface area contributed by atoms with Gasteiger partial charge in [-0.1, -0.05) is 18.2 Å². The third kappa shape index (κ3) is 4.05. The van der Waals surface area contributed by atoms with Gasteiger partial charge in [-0.15, -0.1) is 0 Å². The van der Waals surface area contributed by atoms with Crippen LogP contribution < -0.4 is 10.5 Å². The number of carbonyl (C=O) groups is 1. The number of amides is 1. The van der Waals surface area contributed by atoms with Crippen LogP contribution in [0.4, 0.5) is 0 Å². The molecule has 1 atom stereocenters. The van der Waals surface area contributed by atoms with Crippen molar-refractivity contribution in [2.45, 2.75) is 6.10 Å². The van der Waals surface area contributed by atoms with Crippen molar-refractivity contribution in [1.82, 2.24) is 4.98 Å². The number of benzene rings is 2. The average Bonchev–Trinajstić information content (AvgIpc) is 2.68. The Balaban J connectivity index is 1.90. The molecule has 2 aromatic carbocycles. The van der Waals surface area contributed by atoms with E-state index in [0.29, 0.717) is 17.0 Å². The summed E-state index contributed by atoms with van der Waals surface area (Å²) in [7, 11) is 0. The molecule has 3 aromatic rings. The van der Waals surface area contributed by atoms with Crippen LogP contribution in [0.5, 0.6) is 11.5 Å². The molecule has 1 aromatic heterocycles. The van der Waals surface area contributed by atoms with Crippen molar-refractivity contribution < 1.29 is 19.7 Å². The standard InChI is InChI=1S/C20H18N2O4/c21-20(25)18-11-14(19(24)12-23)10-17(22-18)13-6-8-16(9-7-13)26-15-4-2-1-3-5-15/h1-11,19,23-24H,12H2,(H2,21,25). The quantitative estimate of drug-likeness (QED) is 0.634. The van der Waals surface area contributed by atoms with E-state index < -0.39 is 18.6 Å². The van der Waals surface area contributed by atoms with Gasteiger partial charge in [0, 0.05) is 5.56 Å². The zero-order valence-corrected chi connectivity index (χ0v) is 13.9. The molecule has 0 spiro atoms. The van der Waals surface area contributed by atoms with Crippen LogP contribution in [0.2, 0.25) is 0 Å². The second-order valence-electron chi connectivity index (χ2n) is 5.67. The van der Waals surface area contributed by atoms with Gasteiger partial charge < -0.3 is 20.7 Å². The lowest BCUT2D eigenvalue weighted by Gasteiger charge is -2.12. The molecular weight excluding hydrogens is 332 g/mol. The molecule has 1 unspecified atom stereocenters. The predicted octanol–water partition coefficient (Wildman–Crippen LogP) is 2.67. The van der Waals surface area contributed by atoms with E-state index >= 15 is 0 Å². The highest BCUT2D eigenvalue weighted by atomic mass is 16.5. The summed E-state index contributed by atoms with van der Waals surface area (Å²) in [6.07, 6.45) is -1.12. The third-order valence-corrected chi connectivity index (χ3v) is 3.79. The van der Waals surface area contributed by atoms with Gasteiger partial charge in [-0.25, -0.2) is 4.98 Å². The molecule has 6 heteroatoms. The minimum atomic E-state index is -1.12. The molecule has 3 rings (SSSR count). The van der Waals surface area contributed by atoms with E-state index in [4.69, 9.17) is 15.6 Å². The fourth-order valence-corrected chi connectivity index (χ4v) is 2.44. The van der Waals surface area contributed by atoms with Crippen LogP contribution in [0, 0.1) is 0 Å². The minimum Gasteiger partial charge on any atom is -0.457 e. The Hall–Kier alpha value is -3.22. The monoisotopic (exact) mass is 350 g/mol. The summed E-state index contributed by atoms with van der Waals surface area (Å²) in [5.74, 6) is 0.673. The molecule has 1 heterocycles. The van der Waals surface area contributed by atoms with Crippen LogP contribution in [0.3, 0.4) is 0 Å². The molecule has 132 valence electrons. The predicted molar refractivity (Wildman–Crippen MR) is 96.8 cm³/mol. The first kappa shape index (κ1) is 17.6. The maximum absolute atomic E-state index is 11.5. The molecule has 26 heavy (non-hydrogen) atoms. The van der Waals surface area contributed by atoms with Crippen LogP contribution >= 0.6 is 0 Å². The van der Waals surface area contributed by atoms with Crippen LogP contribution in [0.25, 0.3) is 11.3 Å². The van der Waals surface area contributed by atoms with Crippen LogP contribution in [-0.2, 0) is 0 Å². The number of rotatable bonds is 6. The van der Waals surface area contributed by atoms with Gasteiger partial charge in [0.1, 0.15) is 23.3 Å². The number of para-hydroxylation sites is 1. The number of pyridine rings is 1. The van der Waals surface area contributed by atoms with E-state index in [-0.39, 0.29) is 5.69 Å². The highest BCUT2D eigenvalue weighted by Crippen LogP contribution is 2.27. The lowest BCUT2D eigenvalue weighted by Crippen LogP contribution is -2.15. The van der Waals surface area contributed by atoms with Crippen molar-refractivity contribution in [3.8, 4) is 22.8 Å². The van der Waals surface area contributed by atoms with Crippen LogP contribution in [0.15, 0.2) is 66.7 Å². The number of hydrogen-bond donors (Lipinski definition) is 3. The summed E-state index contributed by atoms with van der Waals surface area (Å²) in [6, 6.07) is 19.5. The maximum atomic E-state index is 11.5. The summed E-state index contributed by atoms with van der Waals surface area (Å²) in [6.45, 7) is -0.467. The molecular formula is C20H18N2O4. The van der Waals surface area contributed by atoms with Crippen molar-refractivity contribution in [1.29, 1.82) is 0 Å². The second kappa shape index (κ2) is 7.77. The van der Waals surface area contributed by atoms with E-state index in [9.17, 15) is 9.90 Å². The van der Waals surface area contributed by atoms with E-state index in [1.807, 2.05) is 30.3 Å². The molecule has 0 saturated carbocycles. The van der Waals surface area contributed by atoms with Crippen molar-refractivity contribution in [2.75, 3.05) is 6.61 Å². The molecule has 0 aliphatic carbocycles. The van der Waals surface area contributed by atoms with E-state index in [1.54, 1.807) is 30.3 Å². The molecule has 0 radical (unpaired) electrons. The lowest BCUT2D eigenvalue weighted by molar-refractivity contribution is 0.0948. The molecule has 6 nitrogen and oxygen atoms in total. The van der Waals surface area contributed by atoms with Crippen molar-refractivity contribution in [2.24, 2.45) is 5.73 Å². The van der Waals surface area contributed by atoms with Crippen molar-refractivity contribution in [3.05, 3.63) is 78.0 Å². The van der Waals surface area contributed by atoms with E-state index in [0.717, 1.165) is 11.3 Å². The summed E-state index contributed by atoms with van der Waals surface area (Å²) < 4.78 is 5.74. The summed E-state index contributed by atoms with van der Waals surface area (Å²) >= 11 is 0. The van der Waals surface area contributed by atoms with Gasteiger partial charge in [-0.3, -0.25) is 4.79 Å². The Morgan fingerprint density at radius 3 is 2.31 bits per heavy atom. The number of nitrogens with two attached hydrogens (primary N) is 1. The molecule has 0 aliphatic heterocycles. The first-order valence-corrected chi connectivity index (χ1v) is 8.01. The Morgan fingerprint density at radius 1 is 1.04 bits per heavy atom. The zero-order chi connectivity index (χ0) is 18.5. The number of hydrogen-bond acceptors (Lipinski definition) is 5. The average molecular weight is 350 g/mol. The third-order valence-electron chi connectivity index (χ3n) is 3.79. The van der Waals surface area contributed by atoms with Crippen molar-refractivity contribution in [3.63, 3.8) is 0 Å². The number of aromatic nitrogens is 1. The van der Waals surface area contributed by atoms with Crippen LogP contribution in [-0.4, -0.2) is 27.7 Å². The summed E-state index contributed by atoms with van der Waals surface area (Å²) in [5, 5.41) is 19.0. The highest BCUT2D eigenvalue weighted by molar-refractivity contribution is 5.91. The number of ether oxygens (including phenoxy) is 1. The van der Waals surface area contributed by atoms with E-state index in [1.165, 1.54) is 6.07 Å². The smallest absolute Gasteiger partial charge is 0.267 e. The number of nitrogens with zero attached hydrogens (tertiary/aromatic N) is 1. The Labute approximate surface area is 150 Å². The number of aliphatic hydroxyl groups is 2. The van der Waals surface area contributed by atoms with Crippen molar-refractivity contribution >= 4 is 5.91 Å². The zero-order valence-electron chi connectivity index (χ0n) is 13.9.